The van der Waals surface area contributed by atoms with Crippen molar-refractivity contribution >= 4 is 5.91 Å². The Labute approximate surface area is 108 Å². The first-order valence-electron chi connectivity index (χ1n) is 6.78. The van der Waals surface area contributed by atoms with Crippen LogP contribution in [0.3, 0.4) is 0 Å². The summed E-state index contributed by atoms with van der Waals surface area (Å²) in [6.45, 7) is 6.25. The molecule has 1 heterocycles. The summed E-state index contributed by atoms with van der Waals surface area (Å²) in [5.41, 5.74) is 0. The number of carbonyl (C=O) groups excluding carboxylic acids is 1. The molecule has 1 aromatic heterocycles. The molecule has 1 fully saturated rings. The van der Waals surface area contributed by atoms with Crippen LogP contribution in [0.25, 0.3) is 0 Å². The number of hydrogen-bond donors (Lipinski definition) is 2. The van der Waals surface area contributed by atoms with Crippen molar-refractivity contribution in [1.82, 2.24) is 20.5 Å². The van der Waals surface area contributed by atoms with E-state index in [1.807, 2.05) is 0 Å². The molecule has 2 rings (SSSR count). The number of amides is 1. The Bertz CT molecular complexity index is 413. The lowest BCUT2D eigenvalue weighted by Gasteiger charge is -2.34. The van der Waals surface area contributed by atoms with E-state index in [1.54, 1.807) is 6.92 Å². The number of rotatable bonds is 3. The van der Waals surface area contributed by atoms with Gasteiger partial charge in [-0.05, 0) is 31.6 Å². The second kappa shape index (κ2) is 5.50. The molecule has 0 spiro atoms. The molecular weight excluding hydrogens is 228 g/mol. The van der Waals surface area contributed by atoms with Crippen LogP contribution in [0.5, 0.6) is 0 Å². The van der Waals surface area contributed by atoms with E-state index in [0.717, 1.165) is 6.42 Å². The number of carbonyl (C=O) groups is 1. The second-order valence-corrected chi connectivity index (χ2v) is 5.52. The van der Waals surface area contributed by atoms with Crippen LogP contribution >= 0.6 is 0 Å². The van der Waals surface area contributed by atoms with Crippen LogP contribution in [0, 0.1) is 18.8 Å². The molecule has 2 unspecified atom stereocenters. The van der Waals surface area contributed by atoms with Gasteiger partial charge in [0.25, 0.3) is 5.91 Å². The largest absolute Gasteiger partial charge is 0.346 e. The minimum atomic E-state index is -0.156. The summed E-state index contributed by atoms with van der Waals surface area (Å²) in [4.78, 5) is 16.1. The molecule has 2 atom stereocenters. The van der Waals surface area contributed by atoms with E-state index in [1.165, 1.54) is 19.3 Å². The molecule has 0 aromatic carbocycles. The summed E-state index contributed by atoms with van der Waals surface area (Å²) >= 11 is 0. The molecule has 0 aliphatic heterocycles. The predicted octanol–water partition coefficient (Wildman–Crippen LogP) is 2.06. The second-order valence-electron chi connectivity index (χ2n) is 5.52. The quantitative estimate of drug-likeness (QED) is 0.862. The summed E-state index contributed by atoms with van der Waals surface area (Å²) < 4.78 is 0. The monoisotopic (exact) mass is 250 g/mol. The smallest absolute Gasteiger partial charge is 0.291 e. The minimum absolute atomic E-state index is 0.156. The Balaban J connectivity index is 2.00. The highest BCUT2D eigenvalue weighted by atomic mass is 16.2. The molecule has 2 N–H and O–H groups in total. The number of nitrogens with one attached hydrogen (secondary N) is 2. The van der Waals surface area contributed by atoms with Crippen LogP contribution in [0.1, 0.15) is 56.0 Å². The highest BCUT2D eigenvalue weighted by Gasteiger charge is 2.29. The first kappa shape index (κ1) is 13.1. The van der Waals surface area contributed by atoms with E-state index in [9.17, 15) is 4.79 Å². The normalized spacial score (nSPS) is 24.2. The molecule has 100 valence electrons. The number of hydrogen-bond acceptors (Lipinski definition) is 3. The van der Waals surface area contributed by atoms with E-state index in [2.05, 4.69) is 34.3 Å². The van der Waals surface area contributed by atoms with Crippen molar-refractivity contribution in [3.8, 4) is 0 Å². The number of aryl methyl sites for hydroxylation is 1. The molecule has 1 saturated carbocycles. The molecule has 18 heavy (non-hydrogen) atoms. The van der Waals surface area contributed by atoms with Crippen LogP contribution in [-0.2, 0) is 0 Å². The Kier molecular flexibility index (Phi) is 3.99. The number of aromatic nitrogens is 3. The standard InChI is InChI=1S/C13H22N4O/c1-8(2)10-6-4-5-7-11(10)15-13(18)12-14-9(3)16-17-12/h8,10-11H,4-7H2,1-3H3,(H,15,18)(H,14,16,17). The average molecular weight is 250 g/mol. The Morgan fingerprint density at radius 1 is 1.39 bits per heavy atom. The third kappa shape index (κ3) is 2.89. The van der Waals surface area contributed by atoms with Crippen molar-refractivity contribution in [2.45, 2.75) is 52.5 Å². The number of H-pyrrole nitrogens is 1. The molecule has 0 radical (unpaired) electrons. The lowest BCUT2D eigenvalue weighted by Crippen LogP contribution is -2.44. The van der Waals surface area contributed by atoms with Gasteiger partial charge in [0.15, 0.2) is 0 Å². The topological polar surface area (TPSA) is 70.7 Å². The maximum atomic E-state index is 12.0. The van der Waals surface area contributed by atoms with E-state index >= 15 is 0 Å². The Morgan fingerprint density at radius 3 is 2.72 bits per heavy atom. The fourth-order valence-electron chi connectivity index (χ4n) is 2.81. The van der Waals surface area contributed by atoms with Crippen molar-refractivity contribution in [2.24, 2.45) is 11.8 Å². The first-order valence-corrected chi connectivity index (χ1v) is 6.78. The highest BCUT2D eigenvalue weighted by molar-refractivity contribution is 5.90. The van der Waals surface area contributed by atoms with E-state index < -0.39 is 0 Å². The third-order valence-electron chi connectivity index (χ3n) is 3.79. The zero-order chi connectivity index (χ0) is 13.1. The van der Waals surface area contributed by atoms with Crippen LogP contribution < -0.4 is 5.32 Å². The lowest BCUT2D eigenvalue weighted by molar-refractivity contribution is 0.0879. The van der Waals surface area contributed by atoms with Crippen LogP contribution in [0.15, 0.2) is 0 Å². The first-order chi connectivity index (χ1) is 8.58. The van der Waals surface area contributed by atoms with Crippen molar-refractivity contribution in [2.75, 3.05) is 0 Å². The van der Waals surface area contributed by atoms with Gasteiger partial charge in [0.2, 0.25) is 5.82 Å². The van der Waals surface area contributed by atoms with Crippen molar-refractivity contribution < 1.29 is 4.79 Å². The van der Waals surface area contributed by atoms with Gasteiger partial charge in [-0.3, -0.25) is 9.89 Å². The molecule has 1 aromatic rings. The maximum absolute atomic E-state index is 12.0. The Morgan fingerprint density at radius 2 is 2.11 bits per heavy atom. The molecule has 1 aliphatic rings. The summed E-state index contributed by atoms with van der Waals surface area (Å²) in [7, 11) is 0. The summed E-state index contributed by atoms with van der Waals surface area (Å²) in [6.07, 6.45) is 4.74. The van der Waals surface area contributed by atoms with Gasteiger partial charge in [-0.2, -0.15) is 0 Å². The fraction of sp³-hybridized carbons (Fsp3) is 0.769. The van der Waals surface area contributed by atoms with E-state index in [4.69, 9.17) is 0 Å². The zero-order valence-corrected chi connectivity index (χ0v) is 11.4. The van der Waals surface area contributed by atoms with E-state index in [0.29, 0.717) is 17.7 Å². The van der Waals surface area contributed by atoms with Gasteiger partial charge in [-0.25, -0.2) is 4.98 Å². The number of aromatic amines is 1. The highest BCUT2D eigenvalue weighted by Crippen LogP contribution is 2.30. The molecular formula is C13H22N4O. The molecule has 5 nitrogen and oxygen atoms in total. The van der Waals surface area contributed by atoms with Crippen LogP contribution in [-0.4, -0.2) is 27.1 Å². The molecule has 5 heteroatoms. The van der Waals surface area contributed by atoms with Gasteiger partial charge >= 0.3 is 0 Å². The van der Waals surface area contributed by atoms with Gasteiger partial charge in [0, 0.05) is 6.04 Å². The fourth-order valence-corrected chi connectivity index (χ4v) is 2.81. The zero-order valence-electron chi connectivity index (χ0n) is 11.4. The van der Waals surface area contributed by atoms with Gasteiger partial charge in [-0.15, -0.1) is 5.10 Å². The maximum Gasteiger partial charge on any atom is 0.291 e. The predicted molar refractivity (Wildman–Crippen MR) is 69.2 cm³/mol. The molecule has 1 amide bonds. The van der Waals surface area contributed by atoms with Crippen molar-refractivity contribution in [3.63, 3.8) is 0 Å². The van der Waals surface area contributed by atoms with Crippen molar-refractivity contribution in [1.29, 1.82) is 0 Å². The molecule has 0 bridgehead atoms. The molecule has 1 aliphatic carbocycles. The van der Waals surface area contributed by atoms with Gasteiger partial charge < -0.3 is 5.32 Å². The van der Waals surface area contributed by atoms with Crippen LogP contribution in [0.2, 0.25) is 0 Å². The summed E-state index contributed by atoms with van der Waals surface area (Å²) in [6, 6.07) is 0.269. The minimum Gasteiger partial charge on any atom is -0.346 e. The third-order valence-corrected chi connectivity index (χ3v) is 3.79. The SMILES string of the molecule is Cc1nc(C(=O)NC2CCCCC2C(C)C)n[nH]1. The summed E-state index contributed by atoms with van der Waals surface area (Å²) in [5, 5.41) is 9.70. The summed E-state index contributed by atoms with van der Waals surface area (Å²) in [5.74, 6) is 1.94. The number of nitrogens with zero attached hydrogens (tertiary/aromatic N) is 2. The van der Waals surface area contributed by atoms with Gasteiger partial charge in [0.1, 0.15) is 5.82 Å². The molecule has 0 saturated heterocycles. The lowest BCUT2D eigenvalue weighted by atomic mass is 9.78. The van der Waals surface area contributed by atoms with Gasteiger partial charge in [0.05, 0.1) is 0 Å². The van der Waals surface area contributed by atoms with E-state index in [-0.39, 0.29) is 17.8 Å². The van der Waals surface area contributed by atoms with Gasteiger partial charge in [-0.1, -0.05) is 26.7 Å². The van der Waals surface area contributed by atoms with Crippen molar-refractivity contribution in [3.05, 3.63) is 11.6 Å². The average Bonchev–Trinajstić information content (AvgIpc) is 2.76. The van der Waals surface area contributed by atoms with Crippen LogP contribution in [0.4, 0.5) is 0 Å². The Hall–Kier alpha value is -1.39.